The van der Waals surface area contributed by atoms with Crippen LogP contribution in [0.3, 0.4) is 0 Å². The van der Waals surface area contributed by atoms with Gasteiger partial charge in [0.05, 0.1) is 17.1 Å². The lowest BCUT2D eigenvalue weighted by molar-refractivity contribution is 0.0933. The maximum absolute atomic E-state index is 12.7. The third-order valence-corrected chi connectivity index (χ3v) is 4.69. The minimum absolute atomic E-state index is 0.0559. The summed E-state index contributed by atoms with van der Waals surface area (Å²) in [6.45, 7) is 1.95. The Bertz CT molecular complexity index is 810. The number of aromatic nitrogens is 2. The molecular formula is C19H21N3OS. The number of benzene rings is 2. The van der Waals surface area contributed by atoms with Crippen molar-refractivity contribution in [3.8, 4) is 0 Å². The van der Waals surface area contributed by atoms with Gasteiger partial charge < -0.3 is 10.3 Å². The number of nitrogens with zero attached hydrogens (tertiary/aromatic N) is 1. The molecule has 1 unspecified atom stereocenters. The lowest BCUT2D eigenvalue weighted by Crippen LogP contribution is -2.30. The first kappa shape index (κ1) is 16.6. The first-order chi connectivity index (χ1) is 11.7. The number of hydrogen-bond donors (Lipinski definition) is 2. The van der Waals surface area contributed by atoms with E-state index in [4.69, 9.17) is 0 Å². The standard InChI is InChI=1S/C19H21N3OS/c1-13-7-3-4-8-14(13)19(23)22-17(11-12-24-2)18-20-15-9-5-6-10-16(15)21-18/h3-10,17H,11-12H2,1-2H3,(H,20,21)(H,22,23). The van der Waals surface area contributed by atoms with Crippen LogP contribution in [0.25, 0.3) is 11.0 Å². The highest BCUT2D eigenvalue weighted by atomic mass is 32.2. The number of para-hydroxylation sites is 2. The van der Waals surface area contributed by atoms with Crippen LogP contribution in [0.5, 0.6) is 0 Å². The van der Waals surface area contributed by atoms with Gasteiger partial charge in [0, 0.05) is 5.56 Å². The van der Waals surface area contributed by atoms with Crippen LogP contribution in [0, 0.1) is 6.92 Å². The van der Waals surface area contributed by atoms with Gasteiger partial charge in [-0.25, -0.2) is 4.98 Å². The van der Waals surface area contributed by atoms with Crippen LogP contribution in [0.2, 0.25) is 0 Å². The van der Waals surface area contributed by atoms with Crippen molar-refractivity contribution in [3.63, 3.8) is 0 Å². The predicted molar refractivity (Wildman–Crippen MR) is 100 cm³/mol. The lowest BCUT2D eigenvalue weighted by Gasteiger charge is -2.17. The summed E-state index contributed by atoms with van der Waals surface area (Å²) < 4.78 is 0. The molecule has 0 spiro atoms. The van der Waals surface area contributed by atoms with Gasteiger partial charge in [-0.1, -0.05) is 30.3 Å². The molecule has 124 valence electrons. The lowest BCUT2D eigenvalue weighted by atomic mass is 10.1. The Morgan fingerprint density at radius 1 is 1.21 bits per heavy atom. The Labute approximate surface area is 146 Å². The average molecular weight is 339 g/mol. The smallest absolute Gasteiger partial charge is 0.252 e. The zero-order valence-electron chi connectivity index (χ0n) is 13.9. The van der Waals surface area contributed by atoms with Crippen LogP contribution in [-0.2, 0) is 0 Å². The van der Waals surface area contributed by atoms with Crippen LogP contribution in [-0.4, -0.2) is 27.9 Å². The van der Waals surface area contributed by atoms with Gasteiger partial charge in [0.2, 0.25) is 0 Å². The van der Waals surface area contributed by atoms with E-state index in [-0.39, 0.29) is 11.9 Å². The number of aromatic amines is 1. The maximum atomic E-state index is 12.7. The van der Waals surface area contributed by atoms with Crippen LogP contribution < -0.4 is 5.32 Å². The summed E-state index contributed by atoms with van der Waals surface area (Å²) in [5.74, 6) is 1.71. The quantitative estimate of drug-likeness (QED) is 0.711. The highest BCUT2D eigenvalue weighted by molar-refractivity contribution is 7.98. The summed E-state index contributed by atoms with van der Waals surface area (Å²) in [5.41, 5.74) is 3.60. The fraction of sp³-hybridized carbons (Fsp3) is 0.263. The van der Waals surface area contributed by atoms with E-state index in [0.29, 0.717) is 5.56 Å². The molecule has 0 saturated heterocycles. The third-order valence-electron chi connectivity index (χ3n) is 4.04. The van der Waals surface area contributed by atoms with Crippen molar-refractivity contribution in [1.82, 2.24) is 15.3 Å². The molecule has 0 bridgehead atoms. The van der Waals surface area contributed by atoms with Gasteiger partial charge in [0.1, 0.15) is 5.82 Å². The van der Waals surface area contributed by atoms with Crippen LogP contribution in [0.15, 0.2) is 48.5 Å². The molecule has 0 saturated carbocycles. The number of hydrogen-bond acceptors (Lipinski definition) is 3. The van der Waals surface area contributed by atoms with E-state index in [0.717, 1.165) is 34.6 Å². The number of fused-ring (bicyclic) bond motifs is 1. The van der Waals surface area contributed by atoms with E-state index in [1.54, 1.807) is 11.8 Å². The van der Waals surface area contributed by atoms with E-state index in [2.05, 4.69) is 21.5 Å². The molecule has 3 rings (SSSR count). The number of imidazole rings is 1. The summed E-state index contributed by atoms with van der Waals surface area (Å²) in [6, 6.07) is 15.4. The molecule has 1 amide bonds. The van der Waals surface area contributed by atoms with Crippen molar-refractivity contribution < 1.29 is 4.79 Å². The molecule has 0 aliphatic heterocycles. The number of nitrogens with one attached hydrogen (secondary N) is 2. The Hall–Kier alpha value is -2.27. The topological polar surface area (TPSA) is 57.8 Å². The highest BCUT2D eigenvalue weighted by Crippen LogP contribution is 2.21. The number of carbonyl (C=O) groups is 1. The van der Waals surface area contributed by atoms with Gasteiger partial charge in [-0.05, 0) is 49.1 Å². The Balaban J connectivity index is 1.86. The van der Waals surface area contributed by atoms with Crippen LogP contribution in [0.1, 0.15) is 34.2 Å². The van der Waals surface area contributed by atoms with Crippen molar-refractivity contribution in [3.05, 3.63) is 65.5 Å². The van der Waals surface area contributed by atoms with E-state index >= 15 is 0 Å². The number of H-pyrrole nitrogens is 1. The Morgan fingerprint density at radius 2 is 1.96 bits per heavy atom. The van der Waals surface area contributed by atoms with Gasteiger partial charge >= 0.3 is 0 Å². The molecule has 2 aromatic carbocycles. The molecule has 4 nitrogen and oxygen atoms in total. The van der Waals surface area contributed by atoms with Crippen molar-refractivity contribution in [1.29, 1.82) is 0 Å². The minimum atomic E-state index is -0.128. The SMILES string of the molecule is CSCCC(NC(=O)c1ccccc1C)c1nc2ccccc2[nH]1. The van der Waals surface area contributed by atoms with Crippen molar-refractivity contribution in [2.45, 2.75) is 19.4 Å². The Kier molecular flexibility index (Phi) is 5.20. The van der Waals surface area contributed by atoms with Gasteiger partial charge in [-0.3, -0.25) is 4.79 Å². The second-order valence-electron chi connectivity index (χ2n) is 5.76. The van der Waals surface area contributed by atoms with Gasteiger partial charge in [0.15, 0.2) is 0 Å². The second-order valence-corrected chi connectivity index (χ2v) is 6.75. The highest BCUT2D eigenvalue weighted by Gasteiger charge is 2.19. The number of aryl methyl sites for hydroxylation is 1. The number of thioether (sulfide) groups is 1. The van der Waals surface area contributed by atoms with E-state index < -0.39 is 0 Å². The first-order valence-corrected chi connectivity index (χ1v) is 9.38. The summed E-state index contributed by atoms with van der Waals surface area (Å²) in [7, 11) is 0. The summed E-state index contributed by atoms with van der Waals surface area (Å²) >= 11 is 1.76. The largest absolute Gasteiger partial charge is 0.342 e. The number of carbonyl (C=O) groups excluding carboxylic acids is 1. The molecule has 2 N–H and O–H groups in total. The predicted octanol–water partition coefficient (Wildman–Crippen LogP) is 4.10. The molecule has 0 aliphatic rings. The molecule has 5 heteroatoms. The van der Waals surface area contributed by atoms with E-state index in [1.807, 2.05) is 55.5 Å². The molecule has 0 radical (unpaired) electrons. The summed E-state index contributed by atoms with van der Waals surface area (Å²) in [4.78, 5) is 20.7. The normalized spacial score (nSPS) is 12.2. The van der Waals surface area contributed by atoms with Crippen LogP contribution >= 0.6 is 11.8 Å². The number of amides is 1. The first-order valence-electron chi connectivity index (χ1n) is 7.99. The molecule has 1 heterocycles. The fourth-order valence-electron chi connectivity index (χ4n) is 2.71. The molecule has 1 atom stereocenters. The number of rotatable bonds is 6. The Morgan fingerprint density at radius 3 is 2.71 bits per heavy atom. The van der Waals surface area contributed by atoms with E-state index in [9.17, 15) is 4.79 Å². The summed E-state index contributed by atoms with van der Waals surface area (Å²) in [5, 5.41) is 3.14. The molecule has 0 fully saturated rings. The molecule has 0 aliphatic carbocycles. The van der Waals surface area contributed by atoms with Crippen molar-refractivity contribution in [2.75, 3.05) is 12.0 Å². The third kappa shape index (κ3) is 3.62. The van der Waals surface area contributed by atoms with Gasteiger partial charge in [-0.15, -0.1) is 0 Å². The summed E-state index contributed by atoms with van der Waals surface area (Å²) in [6.07, 6.45) is 2.90. The molecular weight excluding hydrogens is 318 g/mol. The zero-order valence-corrected chi connectivity index (χ0v) is 14.7. The van der Waals surface area contributed by atoms with E-state index in [1.165, 1.54) is 0 Å². The van der Waals surface area contributed by atoms with Crippen LogP contribution in [0.4, 0.5) is 0 Å². The average Bonchev–Trinajstić information content (AvgIpc) is 3.02. The second kappa shape index (κ2) is 7.53. The molecule has 3 aromatic rings. The molecule has 24 heavy (non-hydrogen) atoms. The van der Waals surface area contributed by atoms with Gasteiger partial charge in [0.25, 0.3) is 5.91 Å². The van der Waals surface area contributed by atoms with Gasteiger partial charge in [-0.2, -0.15) is 11.8 Å². The zero-order chi connectivity index (χ0) is 16.9. The van der Waals surface area contributed by atoms with Crippen molar-refractivity contribution >= 4 is 28.7 Å². The fourth-order valence-corrected chi connectivity index (χ4v) is 3.19. The maximum Gasteiger partial charge on any atom is 0.252 e. The van der Waals surface area contributed by atoms with Crippen molar-refractivity contribution in [2.24, 2.45) is 0 Å². The molecule has 1 aromatic heterocycles. The monoisotopic (exact) mass is 339 g/mol. The minimum Gasteiger partial charge on any atom is -0.342 e.